The Morgan fingerprint density at radius 3 is 2.84 bits per heavy atom. The maximum Gasteiger partial charge on any atom is 0.253 e. The Labute approximate surface area is 147 Å². The molecule has 25 heavy (non-hydrogen) atoms. The molecule has 0 fully saturated rings. The normalized spacial score (nSPS) is 12.1. The fourth-order valence-corrected chi connectivity index (χ4v) is 2.66. The van der Waals surface area contributed by atoms with Crippen LogP contribution in [0, 0.1) is 6.92 Å². The first kappa shape index (κ1) is 17.0. The number of hydrogen-bond donors (Lipinski definition) is 2. The molecular weight excluding hydrogens is 316 g/mol. The predicted octanol–water partition coefficient (Wildman–Crippen LogP) is 4.03. The molecule has 5 nitrogen and oxygen atoms in total. The molecule has 130 valence electrons. The zero-order valence-corrected chi connectivity index (χ0v) is 14.6. The van der Waals surface area contributed by atoms with Crippen molar-refractivity contribution in [2.45, 2.75) is 26.6 Å². The van der Waals surface area contributed by atoms with Crippen LogP contribution in [0.2, 0.25) is 0 Å². The lowest BCUT2D eigenvalue weighted by molar-refractivity contribution is -0.127. The van der Waals surface area contributed by atoms with Crippen LogP contribution in [0.15, 0.2) is 48.5 Å². The third kappa shape index (κ3) is 4.19. The van der Waals surface area contributed by atoms with Gasteiger partial charge in [0.15, 0.2) is 0 Å². The van der Waals surface area contributed by atoms with E-state index >= 15 is 0 Å². The van der Waals surface area contributed by atoms with Crippen LogP contribution in [0.1, 0.15) is 18.2 Å². The summed E-state index contributed by atoms with van der Waals surface area (Å²) in [6.45, 7) is 4.10. The van der Waals surface area contributed by atoms with Crippen LogP contribution in [0.25, 0.3) is 10.9 Å². The van der Waals surface area contributed by atoms with Crippen molar-refractivity contribution in [3.8, 4) is 5.75 Å². The molecule has 0 saturated carbocycles. The monoisotopic (exact) mass is 338 g/mol. The minimum absolute atomic E-state index is 0.172. The van der Waals surface area contributed by atoms with Crippen LogP contribution >= 0.6 is 0 Å². The summed E-state index contributed by atoms with van der Waals surface area (Å²) in [5.41, 5.74) is 3.86. The molecule has 0 bridgehead atoms. The van der Waals surface area contributed by atoms with Crippen molar-refractivity contribution in [3.05, 3.63) is 59.8 Å². The Morgan fingerprint density at radius 2 is 2.04 bits per heavy atom. The molecule has 1 amide bonds. The van der Waals surface area contributed by atoms with Crippen LogP contribution < -0.4 is 10.1 Å². The first-order chi connectivity index (χ1) is 12.0. The van der Waals surface area contributed by atoms with E-state index in [1.807, 2.05) is 55.5 Å². The molecular formula is C20H22N2O3. The summed E-state index contributed by atoms with van der Waals surface area (Å²) in [6, 6.07) is 15.4. The standard InChI is InChI=1S/C20H22N2O3/c1-13-9-16-11-17(7-8-19(16)21-13)22-20(23)14(2)25-12-15-5-4-6-18(10-15)24-3/h4-11,14,21H,12H2,1-3H3,(H,22,23). The largest absolute Gasteiger partial charge is 0.497 e. The number of methoxy groups -OCH3 is 1. The Morgan fingerprint density at radius 1 is 1.20 bits per heavy atom. The van der Waals surface area contributed by atoms with E-state index in [1.54, 1.807) is 14.0 Å². The molecule has 1 unspecified atom stereocenters. The lowest BCUT2D eigenvalue weighted by Crippen LogP contribution is -2.27. The Balaban J connectivity index is 1.59. The number of ether oxygens (including phenoxy) is 2. The van der Waals surface area contributed by atoms with Gasteiger partial charge in [0, 0.05) is 22.3 Å². The van der Waals surface area contributed by atoms with E-state index < -0.39 is 6.10 Å². The summed E-state index contributed by atoms with van der Waals surface area (Å²) in [4.78, 5) is 15.6. The molecule has 1 heterocycles. The average molecular weight is 338 g/mol. The number of anilines is 1. The van der Waals surface area contributed by atoms with Crippen molar-refractivity contribution in [2.24, 2.45) is 0 Å². The van der Waals surface area contributed by atoms with Crippen LogP contribution in [-0.2, 0) is 16.1 Å². The molecule has 0 aliphatic rings. The topological polar surface area (TPSA) is 63.4 Å². The highest BCUT2D eigenvalue weighted by molar-refractivity contribution is 5.96. The summed E-state index contributed by atoms with van der Waals surface area (Å²) >= 11 is 0. The van der Waals surface area contributed by atoms with Crippen molar-refractivity contribution < 1.29 is 14.3 Å². The summed E-state index contributed by atoms with van der Waals surface area (Å²) in [5.74, 6) is 0.600. The number of aryl methyl sites for hydroxylation is 1. The van der Waals surface area contributed by atoms with Gasteiger partial charge < -0.3 is 19.8 Å². The van der Waals surface area contributed by atoms with Crippen LogP contribution in [-0.4, -0.2) is 24.1 Å². The molecule has 5 heteroatoms. The van der Waals surface area contributed by atoms with Gasteiger partial charge in [-0.3, -0.25) is 4.79 Å². The van der Waals surface area contributed by atoms with Crippen molar-refractivity contribution in [1.82, 2.24) is 4.98 Å². The number of hydrogen-bond acceptors (Lipinski definition) is 3. The Bertz CT molecular complexity index is 886. The zero-order valence-electron chi connectivity index (χ0n) is 14.6. The van der Waals surface area contributed by atoms with E-state index in [4.69, 9.17) is 9.47 Å². The second kappa shape index (κ2) is 7.40. The SMILES string of the molecule is COc1cccc(COC(C)C(=O)Nc2ccc3[nH]c(C)cc3c2)c1. The number of carbonyl (C=O) groups is 1. The molecule has 0 spiro atoms. The predicted molar refractivity (Wildman–Crippen MR) is 98.9 cm³/mol. The highest BCUT2D eigenvalue weighted by atomic mass is 16.5. The average Bonchev–Trinajstić information content (AvgIpc) is 2.99. The number of benzene rings is 2. The number of aromatic amines is 1. The van der Waals surface area contributed by atoms with Gasteiger partial charge in [0.05, 0.1) is 13.7 Å². The summed E-state index contributed by atoms with van der Waals surface area (Å²) in [6.07, 6.45) is -0.560. The Kier molecular flexibility index (Phi) is 5.05. The van der Waals surface area contributed by atoms with Crippen LogP contribution in [0.4, 0.5) is 5.69 Å². The molecule has 0 aliphatic carbocycles. The van der Waals surface area contributed by atoms with Crippen molar-refractivity contribution in [1.29, 1.82) is 0 Å². The van der Waals surface area contributed by atoms with E-state index in [2.05, 4.69) is 10.3 Å². The van der Waals surface area contributed by atoms with E-state index in [1.165, 1.54) is 0 Å². The van der Waals surface area contributed by atoms with Gasteiger partial charge in [0.2, 0.25) is 0 Å². The first-order valence-corrected chi connectivity index (χ1v) is 8.20. The van der Waals surface area contributed by atoms with E-state index in [0.717, 1.165) is 33.6 Å². The molecule has 3 aromatic rings. The number of rotatable bonds is 6. The van der Waals surface area contributed by atoms with Gasteiger partial charge >= 0.3 is 0 Å². The second-order valence-corrected chi connectivity index (χ2v) is 6.05. The molecule has 0 saturated heterocycles. The fraction of sp³-hybridized carbons (Fsp3) is 0.250. The molecule has 2 N–H and O–H groups in total. The maximum absolute atomic E-state index is 12.3. The van der Waals surface area contributed by atoms with Gasteiger partial charge in [-0.05, 0) is 55.8 Å². The minimum atomic E-state index is -0.560. The summed E-state index contributed by atoms with van der Waals surface area (Å²) in [5, 5.41) is 3.97. The van der Waals surface area contributed by atoms with E-state index in [0.29, 0.717) is 6.61 Å². The van der Waals surface area contributed by atoms with Crippen LogP contribution in [0.3, 0.4) is 0 Å². The van der Waals surface area contributed by atoms with E-state index in [-0.39, 0.29) is 5.91 Å². The zero-order chi connectivity index (χ0) is 17.8. The highest BCUT2D eigenvalue weighted by Crippen LogP contribution is 2.20. The van der Waals surface area contributed by atoms with Crippen molar-refractivity contribution in [2.75, 3.05) is 12.4 Å². The van der Waals surface area contributed by atoms with Crippen molar-refractivity contribution >= 4 is 22.5 Å². The van der Waals surface area contributed by atoms with Gasteiger partial charge in [-0.1, -0.05) is 12.1 Å². The van der Waals surface area contributed by atoms with Gasteiger partial charge in [-0.15, -0.1) is 0 Å². The molecule has 3 rings (SSSR count). The number of carbonyl (C=O) groups excluding carboxylic acids is 1. The van der Waals surface area contributed by atoms with Crippen LogP contribution in [0.5, 0.6) is 5.75 Å². The molecule has 2 aromatic carbocycles. The number of H-pyrrole nitrogens is 1. The van der Waals surface area contributed by atoms with Gasteiger partial charge in [0.25, 0.3) is 5.91 Å². The highest BCUT2D eigenvalue weighted by Gasteiger charge is 2.14. The van der Waals surface area contributed by atoms with Gasteiger partial charge in [-0.2, -0.15) is 0 Å². The number of aromatic nitrogens is 1. The minimum Gasteiger partial charge on any atom is -0.497 e. The summed E-state index contributed by atoms with van der Waals surface area (Å²) in [7, 11) is 1.62. The first-order valence-electron chi connectivity index (χ1n) is 8.20. The molecule has 0 radical (unpaired) electrons. The molecule has 0 aliphatic heterocycles. The lowest BCUT2D eigenvalue weighted by Gasteiger charge is -2.14. The Hall–Kier alpha value is -2.79. The number of fused-ring (bicyclic) bond motifs is 1. The lowest BCUT2D eigenvalue weighted by atomic mass is 10.2. The summed E-state index contributed by atoms with van der Waals surface area (Å²) < 4.78 is 10.9. The second-order valence-electron chi connectivity index (χ2n) is 6.05. The van der Waals surface area contributed by atoms with E-state index in [9.17, 15) is 4.79 Å². The third-order valence-electron chi connectivity index (χ3n) is 4.03. The van der Waals surface area contributed by atoms with Crippen molar-refractivity contribution in [3.63, 3.8) is 0 Å². The smallest absolute Gasteiger partial charge is 0.253 e. The quantitative estimate of drug-likeness (QED) is 0.713. The van der Waals surface area contributed by atoms with Gasteiger partial charge in [-0.25, -0.2) is 0 Å². The van der Waals surface area contributed by atoms with Gasteiger partial charge in [0.1, 0.15) is 11.9 Å². The number of amides is 1. The third-order valence-corrected chi connectivity index (χ3v) is 4.03. The maximum atomic E-state index is 12.3. The fourth-order valence-electron chi connectivity index (χ4n) is 2.66. The molecule has 1 aromatic heterocycles. The molecule has 1 atom stereocenters. The number of nitrogens with one attached hydrogen (secondary N) is 2.